The van der Waals surface area contributed by atoms with E-state index in [0.717, 1.165) is 12.1 Å². The normalized spacial score (nSPS) is 10.8. The highest BCUT2D eigenvalue weighted by atomic mass is 35.5. The van der Waals surface area contributed by atoms with E-state index in [1.807, 2.05) is 0 Å². The van der Waals surface area contributed by atoms with Crippen molar-refractivity contribution in [2.75, 3.05) is 5.32 Å². The van der Waals surface area contributed by atoms with Crippen molar-refractivity contribution >= 4 is 23.3 Å². The molecular formula is C13H8Cl2F4N2O. The third kappa shape index (κ3) is 4.32. The number of benzene rings is 1. The maximum Gasteiger partial charge on any atom is 0.419 e. The monoisotopic (exact) mass is 354 g/mol. The van der Waals surface area contributed by atoms with Crippen LogP contribution >= 0.6 is 11.6 Å². The molecule has 0 saturated carbocycles. The third-order valence-electron chi connectivity index (χ3n) is 2.57. The van der Waals surface area contributed by atoms with Crippen LogP contribution in [0.25, 0.3) is 0 Å². The van der Waals surface area contributed by atoms with E-state index in [1.165, 1.54) is 12.1 Å². The quantitative estimate of drug-likeness (QED) is 0.787. The number of carbonyl (C=O) groups excluding carboxylic acids is 1. The zero-order chi connectivity index (χ0) is 15.6. The molecule has 0 aliphatic carbocycles. The zero-order valence-electron chi connectivity index (χ0n) is 10.6. The van der Waals surface area contributed by atoms with E-state index in [1.54, 1.807) is 0 Å². The standard InChI is InChI=1S/C13H7ClF4N2O.ClH/c14-10-5-8(13(16,17)18)6-19-11(10)20-12(21)7-1-3-9(15)4-2-7;/h1-6H,(H,19,20,21);1H. The Labute approximate surface area is 133 Å². The second-order valence-electron chi connectivity index (χ2n) is 4.07. The summed E-state index contributed by atoms with van der Waals surface area (Å²) in [5.74, 6) is -1.22. The number of H-pyrrole nitrogens is 1. The molecule has 0 fully saturated rings. The van der Waals surface area contributed by atoms with Gasteiger partial charge in [-0.05, 0) is 30.3 Å². The first kappa shape index (κ1) is 18.2. The van der Waals surface area contributed by atoms with E-state index < -0.39 is 23.5 Å². The minimum absolute atomic E-state index is 0. The molecule has 1 aromatic heterocycles. The van der Waals surface area contributed by atoms with Crippen LogP contribution in [0.15, 0.2) is 36.5 Å². The Balaban J connectivity index is 0.00000242. The topological polar surface area (TPSA) is 43.2 Å². The van der Waals surface area contributed by atoms with Crippen molar-refractivity contribution in [3.63, 3.8) is 0 Å². The van der Waals surface area contributed by atoms with Gasteiger partial charge in [-0.15, -0.1) is 0 Å². The van der Waals surface area contributed by atoms with Gasteiger partial charge in [0, 0.05) is 0 Å². The highest BCUT2D eigenvalue weighted by Gasteiger charge is 2.33. The summed E-state index contributed by atoms with van der Waals surface area (Å²) in [6.07, 6.45) is -3.86. The molecule has 0 saturated heterocycles. The van der Waals surface area contributed by atoms with Crippen LogP contribution in [0.1, 0.15) is 15.9 Å². The van der Waals surface area contributed by atoms with Crippen LogP contribution in [0.5, 0.6) is 0 Å². The zero-order valence-corrected chi connectivity index (χ0v) is 12.2. The largest absolute Gasteiger partial charge is 1.00 e. The molecule has 0 aliphatic rings. The molecule has 0 spiro atoms. The lowest BCUT2D eigenvalue weighted by atomic mass is 10.2. The Morgan fingerprint density at radius 2 is 1.77 bits per heavy atom. The van der Waals surface area contributed by atoms with Crippen LogP contribution in [0.2, 0.25) is 5.02 Å². The average Bonchev–Trinajstić information content (AvgIpc) is 2.40. The lowest BCUT2D eigenvalue weighted by Crippen LogP contribution is -3.00. The molecule has 2 N–H and O–H groups in total. The molecule has 118 valence electrons. The van der Waals surface area contributed by atoms with Gasteiger partial charge in [0.1, 0.15) is 17.0 Å². The lowest BCUT2D eigenvalue weighted by Gasteiger charge is -2.06. The molecule has 0 unspecified atom stereocenters. The van der Waals surface area contributed by atoms with Crippen molar-refractivity contribution in [1.82, 2.24) is 0 Å². The van der Waals surface area contributed by atoms with Crippen molar-refractivity contribution in [2.45, 2.75) is 6.18 Å². The predicted molar refractivity (Wildman–Crippen MR) is 67.4 cm³/mol. The summed E-state index contributed by atoms with van der Waals surface area (Å²) in [6, 6.07) is 5.35. The summed E-state index contributed by atoms with van der Waals surface area (Å²) in [6.45, 7) is 0. The summed E-state index contributed by atoms with van der Waals surface area (Å²) >= 11 is 5.69. The van der Waals surface area contributed by atoms with Crippen LogP contribution in [-0.2, 0) is 6.18 Å². The smallest absolute Gasteiger partial charge is 0.419 e. The number of hydrogen-bond acceptors (Lipinski definition) is 1. The van der Waals surface area contributed by atoms with Gasteiger partial charge in [0.2, 0.25) is 0 Å². The third-order valence-corrected chi connectivity index (χ3v) is 2.86. The van der Waals surface area contributed by atoms with Gasteiger partial charge in [-0.25, -0.2) is 19.5 Å². The first-order valence-corrected chi connectivity index (χ1v) is 6.00. The number of aromatic amines is 1. The molecule has 2 aromatic rings. The molecule has 3 nitrogen and oxygen atoms in total. The van der Waals surface area contributed by atoms with E-state index >= 15 is 0 Å². The van der Waals surface area contributed by atoms with Crippen LogP contribution in [0.4, 0.5) is 23.4 Å². The van der Waals surface area contributed by atoms with Gasteiger partial charge in [-0.3, -0.25) is 0 Å². The van der Waals surface area contributed by atoms with E-state index in [0.29, 0.717) is 12.3 Å². The number of aromatic nitrogens is 1. The van der Waals surface area contributed by atoms with Crippen molar-refractivity contribution in [1.29, 1.82) is 0 Å². The molecule has 1 amide bonds. The fraction of sp³-hybridized carbons (Fsp3) is 0.0769. The fourth-order valence-electron chi connectivity index (χ4n) is 1.52. The van der Waals surface area contributed by atoms with Gasteiger partial charge in [0.05, 0.1) is 11.1 Å². The van der Waals surface area contributed by atoms with Crippen molar-refractivity contribution in [3.05, 3.63) is 58.5 Å². The Hall–Kier alpha value is -1.86. The molecule has 2 rings (SSSR count). The molecule has 0 atom stereocenters. The number of carbonyl (C=O) groups is 1. The van der Waals surface area contributed by atoms with Crippen LogP contribution in [0, 0.1) is 5.82 Å². The van der Waals surface area contributed by atoms with Gasteiger partial charge in [0.25, 0.3) is 5.82 Å². The minimum Gasteiger partial charge on any atom is -1.00 e. The summed E-state index contributed by atoms with van der Waals surface area (Å²) in [5.41, 5.74) is -0.826. The lowest BCUT2D eigenvalue weighted by molar-refractivity contribution is -0.364. The highest BCUT2D eigenvalue weighted by Crippen LogP contribution is 2.31. The Morgan fingerprint density at radius 1 is 1.18 bits per heavy atom. The molecule has 0 aliphatic heterocycles. The number of hydrogen-bond donors (Lipinski definition) is 1. The van der Waals surface area contributed by atoms with E-state index in [2.05, 4.69) is 10.3 Å². The van der Waals surface area contributed by atoms with Crippen molar-refractivity contribution in [2.24, 2.45) is 0 Å². The minimum atomic E-state index is -4.54. The molecule has 0 radical (unpaired) electrons. The van der Waals surface area contributed by atoms with Crippen LogP contribution < -0.4 is 22.7 Å². The molecule has 0 bridgehead atoms. The number of pyridine rings is 1. The first-order valence-electron chi connectivity index (χ1n) is 5.63. The summed E-state index contributed by atoms with van der Waals surface area (Å²) in [5, 5.41) is 2.02. The van der Waals surface area contributed by atoms with Gasteiger partial charge in [-0.1, -0.05) is 11.6 Å². The second-order valence-corrected chi connectivity index (χ2v) is 4.48. The number of rotatable bonds is 2. The van der Waals surface area contributed by atoms with Crippen LogP contribution in [0.3, 0.4) is 0 Å². The number of nitrogens with one attached hydrogen (secondary N) is 2. The number of halogens is 6. The Kier molecular flexibility index (Phi) is 5.73. The first-order chi connectivity index (χ1) is 9.77. The van der Waals surface area contributed by atoms with Crippen LogP contribution in [-0.4, -0.2) is 5.91 Å². The van der Waals surface area contributed by atoms with Gasteiger partial charge in [-0.2, -0.15) is 13.2 Å². The maximum atomic E-state index is 12.7. The average molecular weight is 355 g/mol. The Bertz CT molecular complexity index is 675. The second kappa shape index (κ2) is 6.93. The number of anilines is 1. The summed E-state index contributed by atoms with van der Waals surface area (Å²) in [7, 11) is 0. The number of alkyl halides is 3. The van der Waals surface area contributed by atoms with E-state index in [4.69, 9.17) is 11.6 Å². The molecule has 1 aromatic carbocycles. The highest BCUT2D eigenvalue weighted by molar-refractivity contribution is 6.33. The number of amides is 1. The summed E-state index contributed by atoms with van der Waals surface area (Å²) < 4.78 is 50.1. The maximum absolute atomic E-state index is 12.7. The SMILES string of the molecule is O=C(Nc1[nH+]cc(C(F)(F)F)cc1Cl)c1ccc(F)cc1.[Cl-]. The molecule has 9 heteroatoms. The van der Waals surface area contributed by atoms with E-state index in [-0.39, 0.29) is 28.8 Å². The van der Waals surface area contributed by atoms with Gasteiger partial charge >= 0.3 is 12.1 Å². The molecule has 22 heavy (non-hydrogen) atoms. The van der Waals surface area contributed by atoms with Gasteiger partial charge in [0.15, 0.2) is 0 Å². The summed E-state index contributed by atoms with van der Waals surface area (Å²) in [4.78, 5) is 14.1. The molecule has 1 heterocycles. The molecular weight excluding hydrogens is 347 g/mol. The Morgan fingerprint density at radius 3 is 2.27 bits per heavy atom. The predicted octanol–water partition coefficient (Wildman–Crippen LogP) is 0.568. The van der Waals surface area contributed by atoms with E-state index in [9.17, 15) is 22.4 Å². The van der Waals surface area contributed by atoms with Gasteiger partial charge < -0.3 is 12.4 Å². The fourth-order valence-corrected chi connectivity index (χ4v) is 1.73. The van der Waals surface area contributed by atoms with Crippen molar-refractivity contribution < 1.29 is 39.7 Å². The van der Waals surface area contributed by atoms with Crippen molar-refractivity contribution in [3.8, 4) is 0 Å².